The molecule has 3 heterocycles. The van der Waals surface area contributed by atoms with E-state index in [0.29, 0.717) is 11.8 Å². The molecule has 5 atom stereocenters. The monoisotopic (exact) mass is 402 g/mol. The maximum Gasteiger partial charge on any atom is 0.243 e. The van der Waals surface area contributed by atoms with Crippen LogP contribution in [0.5, 0.6) is 0 Å². The molecular formula is C24H38N2O3. The Kier molecular flexibility index (Phi) is 5.93. The Hall–Kier alpha value is -1.17. The van der Waals surface area contributed by atoms with Crippen molar-refractivity contribution in [1.82, 2.24) is 10.2 Å². The zero-order valence-electron chi connectivity index (χ0n) is 18.6. The molecule has 4 fully saturated rings. The molecule has 3 saturated heterocycles. The van der Waals surface area contributed by atoms with Crippen molar-refractivity contribution in [3.63, 3.8) is 0 Å². The first-order valence-corrected chi connectivity index (χ1v) is 11.5. The lowest BCUT2D eigenvalue weighted by Crippen LogP contribution is -2.45. The van der Waals surface area contributed by atoms with Crippen molar-refractivity contribution in [3.8, 4) is 0 Å². The van der Waals surface area contributed by atoms with E-state index in [1.165, 1.54) is 37.1 Å². The van der Waals surface area contributed by atoms with Gasteiger partial charge >= 0.3 is 0 Å². The fraction of sp³-hybridized carbons (Fsp3) is 0.792. The first kappa shape index (κ1) is 21.1. The van der Waals surface area contributed by atoms with Crippen LogP contribution in [0.2, 0.25) is 0 Å². The third-order valence-corrected chi connectivity index (χ3v) is 7.58. The van der Waals surface area contributed by atoms with Crippen molar-refractivity contribution in [2.24, 2.45) is 11.8 Å². The van der Waals surface area contributed by atoms with Gasteiger partial charge in [-0.1, -0.05) is 24.1 Å². The molecule has 0 aromatic heterocycles. The number of epoxide rings is 2. The van der Waals surface area contributed by atoms with E-state index in [4.69, 9.17) is 9.47 Å². The Morgan fingerprint density at radius 2 is 2.03 bits per heavy atom. The molecule has 5 heteroatoms. The quantitative estimate of drug-likeness (QED) is 0.403. The van der Waals surface area contributed by atoms with Gasteiger partial charge in [-0.3, -0.25) is 4.79 Å². The number of nitrogens with zero attached hydrogens (tertiary/aromatic N) is 1. The molecule has 5 nitrogen and oxygen atoms in total. The Bertz CT molecular complexity index is 686. The van der Waals surface area contributed by atoms with Crippen LogP contribution in [0, 0.1) is 11.8 Å². The molecule has 3 aliphatic heterocycles. The molecule has 0 unspecified atom stereocenters. The van der Waals surface area contributed by atoms with Gasteiger partial charge in [0.1, 0.15) is 0 Å². The Balaban J connectivity index is 1.37. The van der Waals surface area contributed by atoms with Crippen molar-refractivity contribution in [3.05, 3.63) is 23.3 Å². The molecule has 1 N–H and O–H groups in total. The van der Waals surface area contributed by atoms with Crippen LogP contribution in [0.15, 0.2) is 23.3 Å². The van der Waals surface area contributed by atoms with Crippen molar-refractivity contribution in [2.45, 2.75) is 77.1 Å². The summed E-state index contributed by atoms with van der Waals surface area (Å²) in [5.41, 5.74) is 2.42. The highest BCUT2D eigenvalue weighted by atomic mass is 16.6. The van der Waals surface area contributed by atoms with Crippen LogP contribution in [-0.2, 0) is 14.3 Å². The Labute approximate surface area is 175 Å². The van der Waals surface area contributed by atoms with Gasteiger partial charge < -0.3 is 19.7 Å². The second kappa shape index (κ2) is 8.16. The molecule has 4 aliphatic rings. The van der Waals surface area contributed by atoms with E-state index in [1.54, 1.807) is 0 Å². The van der Waals surface area contributed by atoms with Gasteiger partial charge in [-0.2, -0.15) is 0 Å². The van der Waals surface area contributed by atoms with Crippen LogP contribution in [0.25, 0.3) is 0 Å². The van der Waals surface area contributed by atoms with Crippen LogP contribution in [0.4, 0.5) is 0 Å². The normalized spacial score (nSPS) is 40.3. The number of ether oxygens (including phenoxy) is 2. The third kappa shape index (κ3) is 4.47. The fourth-order valence-corrected chi connectivity index (χ4v) is 5.78. The number of hydrogen-bond acceptors (Lipinski definition) is 4. The maximum absolute atomic E-state index is 12.5. The molecule has 1 amide bonds. The topological polar surface area (TPSA) is 57.4 Å². The molecular weight excluding hydrogens is 364 g/mol. The summed E-state index contributed by atoms with van der Waals surface area (Å²) in [5.74, 6) is 0.681. The second-order valence-corrected chi connectivity index (χ2v) is 9.99. The van der Waals surface area contributed by atoms with Crippen LogP contribution >= 0.6 is 0 Å². The lowest BCUT2D eigenvalue weighted by Gasteiger charge is -2.39. The lowest BCUT2D eigenvalue weighted by molar-refractivity contribution is -0.116. The number of amides is 1. The molecule has 1 saturated carbocycles. The summed E-state index contributed by atoms with van der Waals surface area (Å²) >= 11 is 0. The third-order valence-electron chi connectivity index (χ3n) is 7.58. The summed E-state index contributed by atoms with van der Waals surface area (Å²) < 4.78 is 12.3. The molecule has 0 aromatic carbocycles. The summed E-state index contributed by atoms with van der Waals surface area (Å²) in [4.78, 5) is 15.0. The predicted octanol–water partition coefficient (Wildman–Crippen LogP) is 3.45. The van der Waals surface area contributed by atoms with Crippen LogP contribution in [0.3, 0.4) is 0 Å². The Morgan fingerprint density at radius 3 is 2.69 bits per heavy atom. The van der Waals surface area contributed by atoms with E-state index < -0.39 is 0 Å². The molecule has 0 radical (unpaired) electrons. The summed E-state index contributed by atoms with van der Waals surface area (Å²) in [5, 5.41) is 3.10. The number of rotatable bonds is 7. The van der Waals surface area contributed by atoms with E-state index in [1.807, 2.05) is 6.08 Å². The van der Waals surface area contributed by atoms with Crippen molar-refractivity contribution < 1.29 is 14.3 Å². The van der Waals surface area contributed by atoms with E-state index in [2.05, 4.69) is 44.0 Å². The molecule has 29 heavy (non-hydrogen) atoms. The average molecular weight is 403 g/mol. The molecule has 1 aliphatic carbocycles. The van der Waals surface area contributed by atoms with Gasteiger partial charge in [-0.15, -0.1) is 0 Å². The first-order valence-electron chi connectivity index (χ1n) is 11.5. The minimum atomic E-state index is -0.145. The van der Waals surface area contributed by atoms with Gasteiger partial charge in [0.05, 0.1) is 23.9 Å². The summed E-state index contributed by atoms with van der Waals surface area (Å²) in [6.07, 6.45) is 9.90. The zero-order chi connectivity index (χ0) is 20.6. The standard InChI is InChI=1S/C24H38N2O3/c1-17(2)7-8-20-23(4,29-20)22-18(3)19(9-10-24(22)16-28-24)15-21(27)25-11-14-26-12-5-6-13-26/h7,15,18,20,22H,5-6,8-14,16H2,1-4H3,(H,25,27)/b19-15-/t18-,20-,22-,23+,24+/m1/s1. The van der Waals surface area contributed by atoms with Gasteiger partial charge in [0.15, 0.2) is 0 Å². The number of carbonyl (C=O) groups is 1. The first-order chi connectivity index (χ1) is 13.8. The minimum absolute atomic E-state index is 0.0303. The largest absolute Gasteiger partial charge is 0.369 e. The number of nitrogens with one attached hydrogen (secondary N) is 1. The van der Waals surface area contributed by atoms with Crippen molar-refractivity contribution in [1.29, 1.82) is 0 Å². The number of carbonyl (C=O) groups excluding carboxylic acids is 1. The highest BCUT2D eigenvalue weighted by Gasteiger charge is 2.69. The Morgan fingerprint density at radius 1 is 1.31 bits per heavy atom. The second-order valence-electron chi connectivity index (χ2n) is 9.99. The lowest BCUT2D eigenvalue weighted by atomic mass is 9.64. The van der Waals surface area contributed by atoms with Crippen molar-refractivity contribution >= 4 is 5.91 Å². The van der Waals surface area contributed by atoms with Gasteiger partial charge in [-0.05, 0) is 71.9 Å². The molecule has 1 spiro atoms. The molecule has 4 rings (SSSR count). The summed E-state index contributed by atoms with van der Waals surface area (Å²) in [6, 6.07) is 0. The van der Waals surface area contributed by atoms with E-state index in [9.17, 15) is 4.79 Å². The van der Waals surface area contributed by atoms with Crippen LogP contribution in [-0.4, -0.2) is 60.9 Å². The maximum atomic E-state index is 12.5. The predicted molar refractivity (Wildman–Crippen MR) is 115 cm³/mol. The van der Waals surface area contributed by atoms with Gasteiger partial charge in [-0.25, -0.2) is 0 Å². The molecule has 0 bridgehead atoms. The summed E-state index contributed by atoms with van der Waals surface area (Å²) in [6.45, 7) is 13.7. The van der Waals surface area contributed by atoms with Crippen molar-refractivity contribution in [2.75, 3.05) is 32.8 Å². The smallest absolute Gasteiger partial charge is 0.243 e. The highest BCUT2D eigenvalue weighted by molar-refractivity contribution is 5.88. The van der Waals surface area contributed by atoms with E-state index >= 15 is 0 Å². The van der Waals surface area contributed by atoms with Gasteiger partial charge in [0.25, 0.3) is 0 Å². The fourth-order valence-electron chi connectivity index (χ4n) is 5.78. The molecule has 162 valence electrons. The zero-order valence-corrected chi connectivity index (χ0v) is 18.6. The number of likely N-dealkylation sites (tertiary alicyclic amines) is 1. The summed E-state index contributed by atoms with van der Waals surface area (Å²) in [7, 11) is 0. The van der Waals surface area contributed by atoms with Gasteiger partial charge in [0.2, 0.25) is 5.91 Å². The number of allylic oxidation sites excluding steroid dienone is 2. The molecule has 0 aromatic rings. The average Bonchev–Trinajstić information content (AvgIpc) is 3.50. The van der Waals surface area contributed by atoms with E-state index in [0.717, 1.165) is 39.0 Å². The van der Waals surface area contributed by atoms with Crippen LogP contribution < -0.4 is 5.32 Å². The van der Waals surface area contributed by atoms with E-state index in [-0.39, 0.29) is 23.2 Å². The van der Waals surface area contributed by atoms with Gasteiger partial charge in [0, 0.05) is 25.1 Å². The highest BCUT2D eigenvalue weighted by Crippen LogP contribution is 2.61. The minimum Gasteiger partial charge on any atom is -0.369 e. The SMILES string of the molecule is CC(C)=CC[C@H]1O[C@]1(C)[C@H]1[C@H](C)/C(=C\C(=O)NCCN2CCCC2)CC[C@]12CO2. The number of hydrogen-bond donors (Lipinski definition) is 1. The van der Waals surface area contributed by atoms with Crippen LogP contribution in [0.1, 0.15) is 59.8 Å².